The molecule has 0 saturated heterocycles. The van der Waals surface area contributed by atoms with Crippen molar-refractivity contribution in [2.24, 2.45) is 0 Å². The van der Waals surface area contributed by atoms with Crippen LogP contribution < -0.4 is 0 Å². The molecule has 1 unspecified atom stereocenters. The fraction of sp³-hybridized carbons (Fsp3) is 0.833. The minimum absolute atomic E-state index is 2.61. The second kappa shape index (κ2) is 4.53. The summed E-state index contributed by atoms with van der Waals surface area (Å²) in [4.78, 5) is 9.74. The van der Waals surface area contributed by atoms with Crippen molar-refractivity contribution in [2.45, 2.75) is 30.8 Å². The van der Waals surface area contributed by atoms with E-state index in [0.29, 0.717) is 0 Å². The lowest BCUT2D eigenvalue weighted by Crippen LogP contribution is -2.45. The highest BCUT2D eigenvalue weighted by atomic mass is 19.4. The van der Waals surface area contributed by atoms with E-state index in [1.807, 2.05) is 0 Å². The number of hydrogen-bond donors (Lipinski definition) is 1. The zero-order chi connectivity index (χ0) is 14.1. The molecule has 0 heterocycles. The van der Waals surface area contributed by atoms with Crippen LogP contribution in [0.15, 0.2) is 0 Å². The molecule has 3 nitrogen and oxygen atoms in total. The summed E-state index contributed by atoms with van der Waals surface area (Å²) in [5, 5.41) is 7.80. The maximum atomic E-state index is 12.3. The van der Waals surface area contributed by atoms with Crippen LogP contribution in [0.5, 0.6) is 0 Å². The minimum atomic E-state index is -6.22. The topological polar surface area (TPSA) is 46.5 Å². The predicted octanol–water partition coefficient (Wildman–Crippen LogP) is 3.20. The van der Waals surface area contributed by atoms with E-state index in [0.717, 1.165) is 0 Å². The first-order valence-electron chi connectivity index (χ1n) is 3.68. The molecule has 0 aliphatic rings. The molecule has 0 aromatic rings. The van der Waals surface area contributed by atoms with E-state index in [1.165, 1.54) is 0 Å². The van der Waals surface area contributed by atoms with Crippen molar-refractivity contribution >= 4 is 6.16 Å². The van der Waals surface area contributed by atoms with Gasteiger partial charge >= 0.3 is 24.4 Å². The van der Waals surface area contributed by atoms with E-state index in [9.17, 15) is 39.9 Å². The van der Waals surface area contributed by atoms with Crippen LogP contribution in [0.3, 0.4) is 0 Å². The third kappa shape index (κ3) is 4.61. The highest BCUT2D eigenvalue weighted by molar-refractivity contribution is 5.57. The molecule has 0 spiro atoms. The van der Waals surface area contributed by atoms with Crippen LogP contribution in [0, 0.1) is 0 Å². The largest absolute Gasteiger partial charge is 0.506 e. The van der Waals surface area contributed by atoms with Gasteiger partial charge in [-0.3, -0.25) is 0 Å². The Morgan fingerprint density at radius 1 is 1.06 bits per heavy atom. The standard InChI is InChI=1S/C6H4F8O3/c7-4(8,6(12,13)14)1-2(5(9,10)11)17-3(15)16/h2H,1H2,(H,15,16). The predicted molar refractivity (Wildman–Crippen MR) is 34.6 cm³/mol. The highest BCUT2D eigenvalue weighted by Crippen LogP contribution is 2.42. The molecule has 17 heavy (non-hydrogen) atoms. The lowest BCUT2D eigenvalue weighted by molar-refractivity contribution is -0.306. The Bertz CT molecular complexity index is 280. The van der Waals surface area contributed by atoms with Crippen molar-refractivity contribution in [2.75, 3.05) is 0 Å². The Balaban J connectivity index is 4.94. The van der Waals surface area contributed by atoms with Gasteiger partial charge in [-0.25, -0.2) is 4.79 Å². The molecule has 0 saturated carbocycles. The summed E-state index contributed by atoms with van der Waals surface area (Å²) in [6, 6.07) is 0. The van der Waals surface area contributed by atoms with Gasteiger partial charge in [0.05, 0.1) is 6.42 Å². The summed E-state index contributed by atoms with van der Waals surface area (Å²) in [6.45, 7) is 0. The second-order valence-corrected chi connectivity index (χ2v) is 2.82. The lowest BCUT2D eigenvalue weighted by atomic mass is 10.1. The van der Waals surface area contributed by atoms with Crippen molar-refractivity contribution in [3.05, 3.63) is 0 Å². The molecule has 0 rings (SSSR count). The van der Waals surface area contributed by atoms with Crippen molar-refractivity contribution in [1.29, 1.82) is 0 Å². The van der Waals surface area contributed by atoms with Gasteiger partial charge in [-0.2, -0.15) is 35.1 Å². The summed E-state index contributed by atoms with van der Waals surface area (Å²) < 4.78 is 98.0. The number of rotatable bonds is 3. The summed E-state index contributed by atoms with van der Waals surface area (Å²) in [5.74, 6) is -5.71. The van der Waals surface area contributed by atoms with E-state index >= 15 is 0 Å². The van der Waals surface area contributed by atoms with E-state index in [2.05, 4.69) is 4.74 Å². The molecule has 11 heteroatoms. The van der Waals surface area contributed by atoms with Crippen molar-refractivity contribution in [1.82, 2.24) is 0 Å². The maximum Gasteiger partial charge on any atom is 0.506 e. The van der Waals surface area contributed by atoms with Crippen molar-refractivity contribution in [3.8, 4) is 0 Å². The number of hydrogen-bond acceptors (Lipinski definition) is 2. The first kappa shape index (κ1) is 15.7. The molecule has 0 aromatic heterocycles. The molecule has 102 valence electrons. The molecule has 1 atom stereocenters. The molecule has 0 aromatic carbocycles. The minimum Gasteiger partial charge on any atom is -0.450 e. The van der Waals surface area contributed by atoms with Crippen LogP contribution in [0.25, 0.3) is 0 Å². The van der Waals surface area contributed by atoms with Gasteiger partial charge in [0.1, 0.15) is 0 Å². The lowest BCUT2D eigenvalue weighted by Gasteiger charge is -2.25. The van der Waals surface area contributed by atoms with Gasteiger partial charge < -0.3 is 9.84 Å². The molecule has 0 aliphatic carbocycles. The smallest absolute Gasteiger partial charge is 0.450 e. The number of halogens is 8. The number of alkyl halides is 8. The summed E-state index contributed by atoms with van der Waals surface area (Å²) in [6.07, 6.45) is -21.1. The number of carboxylic acid groups (broad SMARTS) is 1. The fourth-order valence-electron chi connectivity index (χ4n) is 0.694. The maximum absolute atomic E-state index is 12.3. The van der Waals surface area contributed by atoms with Crippen LogP contribution in [0.4, 0.5) is 39.9 Å². The quantitative estimate of drug-likeness (QED) is 0.636. The third-order valence-corrected chi connectivity index (χ3v) is 1.46. The van der Waals surface area contributed by atoms with Crippen LogP contribution in [-0.4, -0.2) is 35.6 Å². The van der Waals surface area contributed by atoms with Gasteiger partial charge in [0, 0.05) is 0 Å². The first-order valence-corrected chi connectivity index (χ1v) is 3.68. The van der Waals surface area contributed by atoms with Crippen molar-refractivity contribution < 1.29 is 49.8 Å². The fourth-order valence-corrected chi connectivity index (χ4v) is 0.694. The van der Waals surface area contributed by atoms with Gasteiger partial charge in [0.25, 0.3) is 0 Å². The first-order chi connectivity index (χ1) is 7.27. The average Bonchev–Trinajstić information content (AvgIpc) is 1.97. The van der Waals surface area contributed by atoms with Crippen LogP contribution in [-0.2, 0) is 4.74 Å². The zero-order valence-corrected chi connectivity index (χ0v) is 7.57. The Hall–Kier alpha value is -1.29. The van der Waals surface area contributed by atoms with Gasteiger partial charge in [-0.05, 0) is 0 Å². The van der Waals surface area contributed by atoms with Crippen molar-refractivity contribution in [3.63, 3.8) is 0 Å². The molecule has 0 radical (unpaired) electrons. The van der Waals surface area contributed by atoms with Gasteiger partial charge in [0.2, 0.25) is 6.10 Å². The van der Waals surface area contributed by atoms with Gasteiger partial charge in [0.15, 0.2) is 0 Å². The SMILES string of the molecule is O=C(O)OC(CC(F)(F)C(F)(F)F)C(F)(F)F. The Labute approximate surface area is 88.0 Å². The van der Waals surface area contributed by atoms with Crippen LogP contribution in [0.1, 0.15) is 6.42 Å². The summed E-state index contributed by atoms with van der Waals surface area (Å²) in [5.41, 5.74) is 0. The number of carbonyl (C=O) groups is 1. The molecule has 0 amide bonds. The van der Waals surface area contributed by atoms with Gasteiger partial charge in [-0.15, -0.1) is 0 Å². The third-order valence-electron chi connectivity index (χ3n) is 1.46. The molecular weight excluding hydrogens is 272 g/mol. The molecule has 1 N–H and O–H groups in total. The van der Waals surface area contributed by atoms with E-state index < -0.39 is 37.0 Å². The highest BCUT2D eigenvalue weighted by Gasteiger charge is 2.62. The van der Waals surface area contributed by atoms with Crippen LogP contribution in [0.2, 0.25) is 0 Å². The number of ether oxygens (including phenoxy) is 1. The van der Waals surface area contributed by atoms with Crippen LogP contribution >= 0.6 is 0 Å². The monoisotopic (exact) mass is 276 g/mol. The molecular formula is C6H4F8O3. The Kier molecular flexibility index (Phi) is 4.18. The van der Waals surface area contributed by atoms with E-state index in [4.69, 9.17) is 5.11 Å². The van der Waals surface area contributed by atoms with E-state index in [1.54, 1.807) is 0 Å². The molecule has 0 aliphatic heterocycles. The molecule has 0 bridgehead atoms. The zero-order valence-electron chi connectivity index (χ0n) is 7.57. The second-order valence-electron chi connectivity index (χ2n) is 2.82. The van der Waals surface area contributed by atoms with Gasteiger partial charge in [-0.1, -0.05) is 0 Å². The average molecular weight is 276 g/mol. The normalized spacial score (nSPS) is 15.5. The van der Waals surface area contributed by atoms with E-state index in [-0.39, 0.29) is 0 Å². The summed E-state index contributed by atoms with van der Waals surface area (Å²) in [7, 11) is 0. The molecule has 0 fully saturated rings. The Morgan fingerprint density at radius 2 is 1.47 bits per heavy atom. The Morgan fingerprint density at radius 3 is 1.71 bits per heavy atom. The summed E-state index contributed by atoms with van der Waals surface area (Å²) >= 11 is 0.